The van der Waals surface area contributed by atoms with E-state index < -0.39 is 0 Å². The Morgan fingerprint density at radius 2 is 1.31 bits per heavy atom. The van der Waals surface area contributed by atoms with Crippen LogP contribution in [0, 0.1) is 11.8 Å². The maximum atomic E-state index is 12.4. The Hall–Kier alpha value is -0.410. The second kappa shape index (κ2) is 6.36. The summed E-state index contributed by atoms with van der Waals surface area (Å²) in [5.41, 5.74) is 0. The lowest BCUT2D eigenvalue weighted by Crippen LogP contribution is -2.35. The molecule has 2 aliphatic rings. The van der Waals surface area contributed by atoms with Gasteiger partial charge in [0.2, 0.25) is 0 Å². The average molecular weight is 224 g/mol. The van der Waals surface area contributed by atoms with Gasteiger partial charge in [0, 0.05) is 24.9 Å². The summed E-state index contributed by atoms with van der Waals surface area (Å²) in [6, 6.07) is 0. The molecule has 2 unspecified atom stereocenters. The van der Waals surface area contributed by atoms with Gasteiger partial charge >= 0.3 is 0 Å². The van der Waals surface area contributed by atoms with Crippen LogP contribution in [-0.2, 0) is 4.79 Å². The van der Waals surface area contributed by atoms with Crippen LogP contribution < -0.4 is 10.6 Å². The van der Waals surface area contributed by atoms with Crippen LogP contribution in [0.15, 0.2) is 0 Å². The zero-order chi connectivity index (χ0) is 11.2. The zero-order valence-corrected chi connectivity index (χ0v) is 10.1. The van der Waals surface area contributed by atoms with E-state index in [1.54, 1.807) is 0 Å². The van der Waals surface area contributed by atoms with E-state index in [0.29, 0.717) is 5.78 Å². The highest BCUT2D eigenvalue weighted by atomic mass is 16.1. The van der Waals surface area contributed by atoms with Crippen LogP contribution in [0.5, 0.6) is 0 Å². The summed E-state index contributed by atoms with van der Waals surface area (Å²) in [4.78, 5) is 12.4. The summed E-state index contributed by atoms with van der Waals surface area (Å²) in [7, 11) is 0. The third-order valence-electron chi connectivity index (χ3n) is 3.90. The van der Waals surface area contributed by atoms with E-state index >= 15 is 0 Å². The lowest BCUT2D eigenvalue weighted by atomic mass is 9.87. The summed E-state index contributed by atoms with van der Waals surface area (Å²) in [5, 5.41) is 6.78. The number of hydrogen-bond acceptors (Lipinski definition) is 3. The van der Waals surface area contributed by atoms with Crippen molar-refractivity contribution < 1.29 is 4.79 Å². The van der Waals surface area contributed by atoms with Gasteiger partial charge < -0.3 is 10.6 Å². The van der Waals surface area contributed by atoms with Crippen LogP contribution in [0.25, 0.3) is 0 Å². The maximum absolute atomic E-state index is 12.4. The monoisotopic (exact) mass is 224 g/mol. The largest absolute Gasteiger partial charge is 0.316 e. The number of ketones is 1. The summed E-state index contributed by atoms with van der Waals surface area (Å²) in [5.74, 6) is 1.09. The van der Waals surface area contributed by atoms with Crippen molar-refractivity contribution in [2.75, 3.05) is 26.2 Å². The Labute approximate surface area is 98.4 Å². The molecule has 3 nitrogen and oxygen atoms in total. The van der Waals surface area contributed by atoms with Crippen LogP contribution in [0.2, 0.25) is 0 Å². The molecular weight excluding hydrogens is 200 g/mol. The molecule has 0 amide bonds. The van der Waals surface area contributed by atoms with Gasteiger partial charge in [-0.3, -0.25) is 4.79 Å². The molecule has 16 heavy (non-hydrogen) atoms. The second-order valence-electron chi connectivity index (χ2n) is 5.20. The minimum Gasteiger partial charge on any atom is -0.316 e. The van der Waals surface area contributed by atoms with Crippen molar-refractivity contribution in [2.45, 2.75) is 38.5 Å². The van der Waals surface area contributed by atoms with Gasteiger partial charge in [0.05, 0.1) is 0 Å². The topological polar surface area (TPSA) is 41.1 Å². The molecule has 0 aromatic carbocycles. The molecule has 0 aromatic heterocycles. The molecule has 2 heterocycles. The van der Waals surface area contributed by atoms with Gasteiger partial charge in [-0.25, -0.2) is 0 Å². The fraction of sp³-hybridized carbons (Fsp3) is 0.923. The summed E-state index contributed by atoms with van der Waals surface area (Å²) >= 11 is 0. The molecule has 0 aliphatic carbocycles. The predicted octanol–water partition coefficient (Wildman–Crippen LogP) is 1.33. The Morgan fingerprint density at radius 1 is 0.812 bits per heavy atom. The molecule has 2 fully saturated rings. The number of nitrogens with one attached hydrogen (secondary N) is 2. The number of rotatable bonds is 2. The molecule has 2 atom stereocenters. The maximum Gasteiger partial charge on any atom is 0.141 e. The normalized spacial score (nSPS) is 32.8. The van der Waals surface area contributed by atoms with E-state index in [1.807, 2.05) is 0 Å². The van der Waals surface area contributed by atoms with Crippen LogP contribution in [0.1, 0.15) is 38.5 Å². The summed E-state index contributed by atoms with van der Waals surface area (Å²) < 4.78 is 0. The predicted molar refractivity (Wildman–Crippen MR) is 65.4 cm³/mol. The van der Waals surface area contributed by atoms with Crippen LogP contribution in [0.4, 0.5) is 0 Å². The number of Topliss-reactive ketones (excluding diaryl/α,β-unsaturated/α-hetero) is 1. The Morgan fingerprint density at radius 3 is 1.81 bits per heavy atom. The highest BCUT2D eigenvalue weighted by Crippen LogP contribution is 2.21. The Bertz CT molecular complexity index is 192. The molecule has 2 aliphatic heterocycles. The molecule has 0 bridgehead atoms. The van der Waals surface area contributed by atoms with Gasteiger partial charge in [-0.2, -0.15) is 0 Å². The Balaban J connectivity index is 1.88. The molecule has 3 heteroatoms. The fourth-order valence-electron chi connectivity index (χ4n) is 2.86. The highest BCUT2D eigenvalue weighted by Gasteiger charge is 2.27. The van der Waals surface area contributed by atoms with Crippen molar-refractivity contribution in [3.8, 4) is 0 Å². The second-order valence-corrected chi connectivity index (χ2v) is 5.20. The first-order chi connectivity index (χ1) is 7.88. The van der Waals surface area contributed by atoms with Crippen molar-refractivity contribution in [1.82, 2.24) is 10.6 Å². The molecule has 0 radical (unpaired) electrons. The molecule has 0 saturated carbocycles. The highest BCUT2D eigenvalue weighted by molar-refractivity contribution is 5.84. The van der Waals surface area contributed by atoms with E-state index in [4.69, 9.17) is 0 Å². The molecule has 2 saturated heterocycles. The van der Waals surface area contributed by atoms with E-state index in [2.05, 4.69) is 10.6 Å². The summed E-state index contributed by atoms with van der Waals surface area (Å²) in [6.45, 7) is 4.00. The first kappa shape index (κ1) is 12.1. The van der Waals surface area contributed by atoms with Gasteiger partial charge in [-0.1, -0.05) is 12.8 Å². The van der Waals surface area contributed by atoms with Crippen molar-refractivity contribution in [3.63, 3.8) is 0 Å². The van der Waals surface area contributed by atoms with Gasteiger partial charge in [0.15, 0.2) is 0 Å². The quantitative estimate of drug-likeness (QED) is 0.743. The third kappa shape index (κ3) is 3.29. The molecule has 2 rings (SSSR count). The average Bonchev–Trinajstić information content (AvgIpc) is 2.73. The van der Waals surface area contributed by atoms with Crippen molar-refractivity contribution in [1.29, 1.82) is 0 Å². The Kier molecular flexibility index (Phi) is 4.79. The number of hydrogen-bond donors (Lipinski definition) is 2. The van der Waals surface area contributed by atoms with E-state index in [0.717, 1.165) is 39.0 Å². The summed E-state index contributed by atoms with van der Waals surface area (Å²) in [6.07, 6.45) is 7.08. The number of carbonyl (C=O) groups is 1. The minimum atomic E-state index is 0.285. The molecule has 92 valence electrons. The van der Waals surface area contributed by atoms with Crippen LogP contribution in [-0.4, -0.2) is 32.0 Å². The van der Waals surface area contributed by atoms with Crippen molar-refractivity contribution >= 4 is 5.78 Å². The van der Waals surface area contributed by atoms with Crippen LogP contribution in [0.3, 0.4) is 0 Å². The first-order valence-corrected chi connectivity index (χ1v) is 6.83. The van der Waals surface area contributed by atoms with Crippen LogP contribution >= 0.6 is 0 Å². The van der Waals surface area contributed by atoms with Gasteiger partial charge in [-0.05, 0) is 38.8 Å². The molecular formula is C13H24N2O. The lowest BCUT2D eigenvalue weighted by Gasteiger charge is -2.20. The van der Waals surface area contributed by atoms with Crippen molar-refractivity contribution in [3.05, 3.63) is 0 Å². The van der Waals surface area contributed by atoms with E-state index in [1.165, 1.54) is 25.7 Å². The van der Waals surface area contributed by atoms with Gasteiger partial charge in [-0.15, -0.1) is 0 Å². The van der Waals surface area contributed by atoms with E-state index in [9.17, 15) is 4.79 Å². The fourth-order valence-corrected chi connectivity index (χ4v) is 2.86. The number of carbonyl (C=O) groups excluding carboxylic acids is 1. The molecule has 0 aromatic rings. The van der Waals surface area contributed by atoms with E-state index in [-0.39, 0.29) is 11.8 Å². The SMILES string of the molecule is O=C(C1CCCCNC1)C1CCCCNC1. The van der Waals surface area contributed by atoms with Gasteiger partial charge in [0.1, 0.15) is 5.78 Å². The lowest BCUT2D eigenvalue weighted by molar-refractivity contribution is -0.126. The smallest absolute Gasteiger partial charge is 0.141 e. The van der Waals surface area contributed by atoms with Crippen molar-refractivity contribution in [2.24, 2.45) is 11.8 Å². The molecule has 0 spiro atoms. The van der Waals surface area contributed by atoms with Gasteiger partial charge in [0.25, 0.3) is 0 Å². The first-order valence-electron chi connectivity index (χ1n) is 6.83. The zero-order valence-electron chi connectivity index (χ0n) is 10.1. The minimum absolute atomic E-state index is 0.285. The third-order valence-corrected chi connectivity index (χ3v) is 3.90. The standard InChI is InChI=1S/C13H24N2O/c16-13(11-5-1-3-7-14-9-11)12-6-2-4-8-15-10-12/h11-12,14-15H,1-10H2. The molecule has 2 N–H and O–H groups in total.